The predicted molar refractivity (Wildman–Crippen MR) is 255 cm³/mol. The van der Waals surface area contributed by atoms with Crippen molar-refractivity contribution in [3.63, 3.8) is 0 Å². The van der Waals surface area contributed by atoms with Crippen LogP contribution < -0.4 is 0 Å². The Kier molecular flexibility index (Phi) is 14.3. The van der Waals surface area contributed by atoms with Gasteiger partial charge >= 0.3 is 0 Å². The molecule has 0 saturated carbocycles. The average Bonchev–Trinajstić information content (AvgIpc) is 3.61. The van der Waals surface area contributed by atoms with Crippen LogP contribution in [0.5, 0.6) is 0 Å². The van der Waals surface area contributed by atoms with Crippen molar-refractivity contribution in [3.05, 3.63) is 171 Å². The van der Waals surface area contributed by atoms with Gasteiger partial charge in [-0.15, -0.1) is 57.3 Å². The molecule has 6 aromatic rings. The number of benzene rings is 5. The maximum atomic E-state index is 4.98. The van der Waals surface area contributed by atoms with Gasteiger partial charge in [-0.3, -0.25) is 0 Å². The molecular weight excluding hydrogens is 1110 g/mol. The summed E-state index contributed by atoms with van der Waals surface area (Å²) in [6, 6.07) is 36.7. The van der Waals surface area contributed by atoms with Crippen LogP contribution >= 0.6 is 0 Å². The first-order valence-electron chi connectivity index (χ1n) is 21.9. The van der Waals surface area contributed by atoms with Crippen molar-refractivity contribution in [1.82, 2.24) is 9.88 Å². The van der Waals surface area contributed by atoms with Crippen LogP contribution in [0.1, 0.15) is 112 Å². The van der Waals surface area contributed by atoms with Crippen molar-refractivity contribution in [3.8, 4) is 55.8 Å². The number of rotatable bonds is 9. The number of hydrogen-bond acceptors (Lipinski definition) is 2. The van der Waals surface area contributed by atoms with E-state index in [9.17, 15) is 0 Å². The monoisotopic (exact) mass is 1170 g/mol. The molecule has 0 N–H and O–H groups in total. The first-order valence-corrected chi connectivity index (χ1v) is 21.9. The van der Waals surface area contributed by atoms with E-state index < -0.39 is 0 Å². The van der Waals surface area contributed by atoms with E-state index in [1.807, 2.05) is 6.20 Å². The number of hydrogen-bond donors (Lipinski definition) is 0. The van der Waals surface area contributed by atoms with Crippen molar-refractivity contribution < 1.29 is 40.2 Å². The van der Waals surface area contributed by atoms with Crippen LogP contribution in [0.2, 0.25) is 0 Å². The fourth-order valence-electron chi connectivity index (χ4n) is 9.55. The molecule has 2 aliphatic heterocycles. The van der Waals surface area contributed by atoms with Crippen LogP contribution in [0.3, 0.4) is 0 Å². The smallest absolute Gasteiger partial charge is 0.0163 e. The average molecular weight is 1170 g/mol. The van der Waals surface area contributed by atoms with E-state index in [0.29, 0.717) is 11.8 Å². The second-order valence-electron chi connectivity index (χ2n) is 19.0. The maximum Gasteiger partial charge on any atom is 0.0163 e. The van der Waals surface area contributed by atoms with Crippen LogP contribution in [0.4, 0.5) is 0 Å². The molecule has 0 amide bonds. The molecule has 1 aromatic heterocycles. The Bertz CT molecular complexity index is 2660. The fourth-order valence-corrected chi connectivity index (χ4v) is 9.55. The fraction of sp³-hybridized carbons (Fsp3) is 0.316. The molecule has 0 bridgehead atoms. The summed E-state index contributed by atoms with van der Waals surface area (Å²) in [5.74, 6) is 0.985. The van der Waals surface area contributed by atoms with E-state index in [1.165, 1.54) is 94.6 Å². The Morgan fingerprint density at radius 3 is 1.79 bits per heavy atom. The standard InChI is InChI=1S/C57H60N3.2Ir/c1-34(2)29-42-31-41(53-32-43(25-27-58-53)57(10,11)12)21-22-44(42)45-17-13-15-19-49(45)54-37(6)39(8)55(40(9)38(54)7)50-20-16-14-18-46(50)47-23-24-51-48(52(47)30-35(3)4)26-28-60-33-36(5)59-56(51)60;;/h13-20,22-23,25-28,31-35,56H,29-30H2,1-12H3;;/q-3;;. The first kappa shape index (κ1) is 47.1. The van der Waals surface area contributed by atoms with Gasteiger partial charge < -0.3 is 15.2 Å². The summed E-state index contributed by atoms with van der Waals surface area (Å²) >= 11 is 0. The molecule has 0 fully saturated rings. The normalized spacial score (nSPS) is 14.3. The van der Waals surface area contributed by atoms with E-state index >= 15 is 0 Å². The summed E-state index contributed by atoms with van der Waals surface area (Å²) in [6.45, 7) is 27.4. The summed E-state index contributed by atoms with van der Waals surface area (Å²) in [7, 11) is 0. The van der Waals surface area contributed by atoms with Gasteiger partial charge in [0.2, 0.25) is 0 Å². The quantitative estimate of drug-likeness (QED) is 0.135. The molecule has 3 heterocycles. The summed E-state index contributed by atoms with van der Waals surface area (Å²) in [4.78, 5) is 7.03. The molecule has 2 radical (unpaired) electrons. The van der Waals surface area contributed by atoms with Gasteiger partial charge in [-0.1, -0.05) is 133 Å². The SMILES string of the molecule is CC1=CN2C=Cc3c([c-]cc(-c4ccccc4-c4c(C)c(C)c(-c5ccccc5-c5c[c-]c(-c6cc(C(C)(C)C)ccn6)cc5CC(C)C)c(C)c4C)c3CC(C)C)C2[N-]1.[Ir].[Ir]. The third-order valence-electron chi connectivity index (χ3n) is 12.7. The number of pyridine rings is 1. The van der Waals surface area contributed by atoms with E-state index in [-0.39, 0.29) is 51.8 Å². The molecule has 324 valence electrons. The number of allylic oxidation sites excluding steroid dienone is 1. The molecule has 0 saturated heterocycles. The molecule has 62 heavy (non-hydrogen) atoms. The van der Waals surface area contributed by atoms with Crippen LogP contribution in [0, 0.1) is 51.7 Å². The van der Waals surface area contributed by atoms with E-state index in [2.05, 4.69) is 197 Å². The molecule has 3 nitrogen and oxygen atoms in total. The maximum absolute atomic E-state index is 4.98. The Hall–Kier alpha value is -4.37. The second kappa shape index (κ2) is 18.8. The minimum absolute atomic E-state index is 0. The molecule has 8 rings (SSSR count). The number of fused-ring (bicyclic) bond motifs is 3. The third kappa shape index (κ3) is 8.89. The Morgan fingerprint density at radius 1 is 0.677 bits per heavy atom. The summed E-state index contributed by atoms with van der Waals surface area (Å²) in [6.07, 6.45) is 10.5. The molecule has 0 spiro atoms. The van der Waals surface area contributed by atoms with Crippen molar-refractivity contribution in [2.24, 2.45) is 11.8 Å². The van der Waals surface area contributed by atoms with Gasteiger partial charge in [0.1, 0.15) is 0 Å². The summed E-state index contributed by atoms with van der Waals surface area (Å²) in [5.41, 5.74) is 25.0. The van der Waals surface area contributed by atoms with Gasteiger partial charge in [-0.25, -0.2) is 0 Å². The molecule has 1 unspecified atom stereocenters. The molecule has 1 atom stereocenters. The Morgan fingerprint density at radius 2 is 1.23 bits per heavy atom. The van der Waals surface area contributed by atoms with Crippen LogP contribution in [0.15, 0.2) is 103 Å². The van der Waals surface area contributed by atoms with Crippen LogP contribution in [0.25, 0.3) is 67.2 Å². The summed E-state index contributed by atoms with van der Waals surface area (Å²) in [5, 5.41) is 4.98. The minimum atomic E-state index is -0.0368. The van der Waals surface area contributed by atoms with Gasteiger partial charge in [0.15, 0.2) is 0 Å². The minimum Gasteiger partial charge on any atom is -0.665 e. The largest absolute Gasteiger partial charge is 0.665 e. The van der Waals surface area contributed by atoms with Crippen molar-refractivity contribution in [2.75, 3.05) is 0 Å². The van der Waals surface area contributed by atoms with E-state index in [4.69, 9.17) is 10.3 Å². The van der Waals surface area contributed by atoms with Crippen LogP contribution in [-0.4, -0.2) is 9.88 Å². The zero-order valence-electron chi connectivity index (χ0n) is 38.5. The van der Waals surface area contributed by atoms with E-state index in [0.717, 1.165) is 29.8 Å². The number of nitrogens with zero attached hydrogens (tertiary/aromatic N) is 3. The van der Waals surface area contributed by atoms with E-state index in [1.54, 1.807) is 0 Å². The van der Waals surface area contributed by atoms with Crippen LogP contribution in [-0.2, 0) is 58.5 Å². The number of aromatic nitrogens is 1. The van der Waals surface area contributed by atoms with Gasteiger partial charge in [-0.05, 0) is 138 Å². The first-order chi connectivity index (χ1) is 28.6. The molecular formula is C57H60Ir2N3-3. The van der Waals surface area contributed by atoms with Gasteiger partial charge in [0, 0.05) is 46.4 Å². The van der Waals surface area contributed by atoms with Gasteiger partial charge in [0.05, 0.1) is 0 Å². The van der Waals surface area contributed by atoms with Crippen molar-refractivity contribution >= 4 is 6.08 Å². The third-order valence-corrected chi connectivity index (χ3v) is 12.7. The molecule has 5 aromatic carbocycles. The second-order valence-corrected chi connectivity index (χ2v) is 19.0. The van der Waals surface area contributed by atoms with Gasteiger partial charge in [0.25, 0.3) is 0 Å². The Labute approximate surface area is 399 Å². The summed E-state index contributed by atoms with van der Waals surface area (Å²) < 4.78 is 0. The zero-order valence-corrected chi connectivity index (χ0v) is 43.3. The van der Waals surface area contributed by atoms with Crippen molar-refractivity contribution in [2.45, 2.75) is 108 Å². The molecule has 0 aliphatic carbocycles. The van der Waals surface area contributed by atoms with Crippen molar-refractivity contribution in [1.29, 1.82) is 0 Å². The van der Waals surface area contributed by atoms with Gasteiger partial charge in [-0.2, -0.15) is 12.1 Å². The Balaban J connectivity index is 0.00000321. The predicted octanol–water partition coefficient (Wildman–Crippen LogP) is 15.5. The molecule has 5 heteroatoms. The zero-order chi connectivity index (χ0) is 42.6. The molecule has 2 aliphatic rings. The topological polar surface area (TPSA) is 30.2 Å².